The Bertz CT molecular complexity index is 1410. The molecule has 0 bridgehead atoms. The number of nitriles is 1. The Hall–Kier alpha value is -4.36. The molecule has 2 aromatic carbocycles. The summed E-state index contributed by atoms with van der Waals surface area (Å²) in [4.78, 5) is 27.5. The van der Waals surface area contributed by atoms with Crippen molar-refractivity contribution in [2.45, 2.75) is 49.6 Å². The molecule has 220 valence electrons. The van der Waals surface area contributed by atoms with Crippen LogP contribution in [0.5, 0.6) is 0 Å². The Morgan fingerprint density at radius 3 is 2.36 bits per heavy atom. The van der Waals surface area contributed by atoms with Crippen LogP contribution < -0.4 is 27.1 Å². The number of aryl methyl sites for hydroxylation is 2. The number of nitrogens with two attached hydrogens (primary N) is 1. The fourth-order valence-corrected chi connectivity index (χ4v) is 6.85. The lowest BCUT2D eigenvalue weighted by molar-refractivity contribution is -0.131. The number of likely N-dealkylation sites (tertiary alicyclic amines) is 1. The van der Waals surface area contributed by atoms with Gasteiger partial charge < -0.3 is 32.0 Å². The highest BCUT2D eigenvalue weighted by Gasteiger charge is 2.54. The summed E-state index contributed by atoms with van der Waals surface area (Å²) in [5.74, 6) is 0.692. The second-order valence-electron chi connectivity index (χ2n) is 11.3. The number of hydrogen-bond donors (Lipinski definition) is 5. The summed E-state index contributed by atoms with van der Waals surface area (Å²) in [6.45, 7) is 4.77. The molecule has 1 heterocycles. The highest BCUT2D eigenvalue weighted by molar-refractivity contribution is 5.98. The van der Waals surface area contributed by atoms with Gasteiger partial charge in [-0.05, 0) is 90.6 Å². The van der Waals surface area contributed by atoms with Gasteiger partial charge in [-0.15, -0.1) is 0 Å². The minimum Gasteiger partial charge on any atom is -0.388 e. The fourth-order valence-electron chi connectivity index (χ4n) is 6.85. The number of rotatable bonds is 10. The first-order valence-corrected chi connectivity index (χ1v) is 14.6. The number of benzene rings is 2. The van der Waals surface area contributed by atoms with Gasteiger partial charge in [0.15, 0.2) is 0 Å². The van der Waals surface area contributed by atoms with Crippen molar-refractivity contribution < 1.29 is 9.59 Å². The second kappa shape index (κ2) is 11.9. The van der Waals surface area contributed by atoms with Gasteiger partial charge in [0.2, 0.25) is 5.91 Å². The zero-order valence-electron chi connectivity index (χ0n) is 24.6. The molecule has 2 fully saturated rings. The van der Waals surface area contributed by atoms with Crippen molar-refractivity contribution in [3.05, 3.63) is 76.4 Å². The summed E-state index contributed by atoms with van der Waals surface area (Å²) in [7, 11) is 5.19. The average molecular weight is 569 g/mol. The van der Waals surface area contributed by atoms with Crippen LogP contribution >= 0.6 is 0 Å². The Morgan fingerprint density at radius 2 is 1.74 bits per heavy atom. The highest BCUT2D eigenvalue weighted by Crippen LogP contribution is 2.47. The van der Waals surface area contributed by atoms with Gasteiger partial charge in [-0.3, -0.25) is 9.59 Å². The number of fused-ring (bicyclic) bond motifs is 3. The molecule has 10 nitrogen and oxygen atoms in total. The minimum absolute atomic E-state index is 0.0374. The quantitative estimate of drug-likeness (QED) is 0.127. The fraction of sp³-hybridized carbons (Fsp3) is 0.438. The van der Waals surface area contributed by atoms with E-state index >= 15 is 0 Å². The molecule has 3 aliphatic rings. The van der Waals surface area contributed by atoms with Crippen LogP contribution in [-0.2, 0) is 23.1 Å². The van der Waals surface area contributed by atoms with Crippen LogP contribution in [0.2, 0.25) is 0 Å². The van der Waals surface area contributed by atoms with Crippen LogP contribution in [0.25, 0.3) is 5.70 Å². The number of carbonyl (C=O) groups excluding carboxylic acids is 2. The van der Waals surface area contributed by atoms with E-state index in [0.29, 0.717) is 30.3 Å². The molecule has 0 radical (unpaired) electrons. The van der Waals surface area contributed by atoms with E-state index in [2.05, 4.69) is 51.3 Å². The van der Waals surface area contributed by atoms with E-state index in [4.69, 9.17) is 5.73 Å². The molecule has 2 unspecified atom stereocenters. The van der Waals surface area contributed by atoms with Gasteiger partial charge in [0.25, 0.3) is 5.91 Å². The van der Waals surface area contributed by atoms with Crippen LogP contribution in [0.1, 0.15) is 57.4 Å². The summed E-state index contributed by atoms with van der Waals surface area (Å²) < 4.78 is 0. The minimum atomic E-state index is -0.828. The Morgan fingerprint density at radius 1 is 1.07 bits per heavy atom. The van der Waals surface area contributed by atoms with Crippen LogP contribution in [0.15, 0.2) is 48.1 Å². The third kappa shape index (κ3) is 5.09. The third-order valence-electron chi connectivity index (χ3n) is 9.10. The van der Waals surface area contributed by atoms with E-state index in [-0.39, 0.29) is 30.4 Å². The topological polar surface area (TPSA) is 148 Å². The van der Waals surface area contributed by atoms with E-state index in [9.17, 15) is 14.9 Å². The Labute approximate surface area is 247 Å². The van der Waals surface area contributed by atoms with Gasteiger partial charge in [0, 0.05) is 38.4 Å². The lowest BCUT2D eigenvalue weighted by Crippen LogP contribution is -2.47. The lowest BCUT2D eigenvalue weighted by Gasteiger charge is -2.36. The first-order chi connectivity index (χ1) is 20.3. The lowest BCUT2D eigenvalue weighted by atomic mass is 9.68. The molecule has 1 saturated carbocycles. The van der Waals surface area contributed by atoms with E-state index in [1.807, 2.05) is 31.3 Å². The predicted molar refractivity (Wildman–Crippen MR) is 163 cm³/mol. The summed E-state index contributed by atoms with van der Waals surface area (Å²) in [6.07, 6.45) is 3.77. The van der Waals surface area contributed by atoms with Gasteiger partial charge in [0.05, 0.1) is 18.0 Å². The summed E-state index contributed by atoms with van der Waals surface area (Å²) >= 11 is 0. The van der Waals surface area contributed by atoms with Gasteiger partial charge in [-0.1, -0.05) is 24.8 Å². The van der Waals surface area contributed by atoms with Crippen molar-refractivity contribution in [1.82, 2.24) is 26.3 Å². The summed E-state index contributed by atoms with van der Waals surface area (Å²) in [6, 6.07) is 14.3. The van der Waals surface area contributed by atoms with Crippen molar-refractivity contribution >= 4 is 23.3 Å². The van der Waals surface area contributed by atoms with Crippen molar-refractivity contribution in [2.75, 3.05) is 34.2 Å². The maximum Gasteiger partial charge on any atom is 0.251 e. The molecule has 2 amide bonds. The molecule has 42 heavy (non-hydrogen) atoms. The summed E-state index contributed by atoms with van der Waals surface area (Å²) in [5, 5.41) is 23.3. The molecular weight excluding hydrogens is 528 g/mol. The van der Waals surface area contributed by atoms with Crippen LogP contribution in [-0.4, -0.2) is 68.9 Å². The first kappa shape index (κ1) is 29.1. The molecule has 1 aliphatic heterocycles. The molecule has 2 aliphatic carbocycles. The van der Waals surface area contributed by atoms with Crippen molar-refractivity contribution in [2.24, 2.45) is 16.8 Å². The first-order valence-electron chi connectivity index (χ1n) is 14.6. The van der Waals surface area contributed by atoms with Gasteiger partial charge >= 0.3 is 0 Å². The molecule has 0 spiro atoms. The van der Waals surface area contributed by atoms with Gasteiger partial charge in [-0.25, -0.2) is 0 Å². The average Bonchev–Trinajstić information content (AvgIpc) is 3.70. The third-order valence-corrected chi connectivity index (χ3v) is 9.10. The molecule has 5 rings (SSSR count). The maximum absolute atomic E-state index is 13.1. The highest BCUT2D eigenvalue weighted by atomic mass is 16.2. The number of nitrogens with one attached hydrogen (secondary N) is 4. The molecule has 10 heteroatoms. The van der Waals surface area contributed by atoms with Gasteiger partial charge in [0.1, 0.15) is 11.9 Å². The predicted octanol–water partition coefficient (Wildman–Crippen LogP) is 1.61. The molecule has 4 atom stereocenters. The Balaban J connectivity index is 1.52. The molecule has 1 saturated heterocycles. The number of hydrogen-bond acceptors (Lipinski definition) is 7. The van der Waals surface area contributed by atoms with Gasteiger partial charge in [-0.2, -0.15) is 10.4 Å². The van der Waals surface area contributed by atoms with Crippen LogP contribution in [0.3, 0.4) is 0 Å². The number of piperidine rings is 1. The number of hydrazone groups is 1. The van der Waals surface area contributed by atoms with Crippen LogP contribution in [0, 0.1) is 17.2 Å². The number of amidine groups is 1. The van der Waals surface area contributed by atoms with E-state index in [1.54, 1.807) is 19.0 Å². The second-order valence-corrected chi connectivity index (χ2v) is 11.3. The van der Waals surface area contributed by atoms with Crippen molar-refractivity contribution in [1.29, 1.82) is 5.26 Å². The van der Waals surface area contributed by atoms with E-state index in [1.165, 1.54) is 0 Å². The largest absolute Gasteiger partial charge is 0.388 e. The normalized spacial score (nSPS) is 23.9. The molecule has 0 aromatic heterocycles. The zero-order chi connectivity index (χ0) is 30.0. The van der Waals surface area contributed by atoms with E-state index < -0.39 is 5.41 Å². The number of nitrogens with zero attached hydrogens (tertiary/aromatic N) is 3. The van der Waals surface area contributed by atoms with Crippen molar-refractivity contribution in [3.63, 3.8) is 0 Å². The number of amides is 2. The molecular formula is C32H40N8O2. The zero-order valence-corrected chi connectivity index (χ0v) is 24.6. The monoisotopic (exact) mass is 568 g/mol. The van der Waals surface area contributed by atoms with E-state index in [0.717, 1.165) is 59.2 Å². The molecule has 2 aromatic rings. The smallest absolute Gasteiger partial charge is 0.251 e. The standard InChI is InChI=1S/C32H40N8O2/c1-19(35-2)20-7-9-26-21(13-20)5-6-22-14-23(30(42)36-3)8-10-27(22)32(26,31(34)39-37-4)11-12-38-18-29(41)40-25(17-33)15-24-16-28(24)40/h7-10,13-14,24-25,28,35,37-38H,1,5-6,11-12,15-16,18H2,2-4H3,(H2,34,39)(H,36,42)/t24-,25?,28+,32?/m1/s1. The SMILES string of the molecule is C=C(NC)c1ccc2c(c1)CCc1cc(C(=O)NC)ccc1C2(CCNCC(=O)N1C(C#N)C[C@@H]2C[C@@H]21)/C(N)=N/NC. The van der Waals surface area contributed by atoms with Crippen LogP contribution in [0.4, 0.5) is 0 Å². The Kier molecular flexibility index (Phi) is 8.23. The molecule has 6 N–H and O–H groups in total. The van der Waals surface area contributed by atoms with Crippen molar-refractivity contribution in [3.8, 4) is 6.07 Å². The number of carbonyl (C=O) groups is 2. The summed E-state index contributed by atoms with van der Waals surface area (Å²) in [5.41, 5.74) is 15.5. The maximum atomic E-state index is 13.1.